The summed E-state index contributed by atoms with van der Waals surface area (Å²) in [6.45, 7) is 1.03. The number of allylic oxidation sites excluding steroid dienone is 1. The first-order chi connectivity index (χ1) is 9.92. The molecule has 0 fully saturated rings. The first-order valence-electron chi connectivity index (χ1n) is 6.91. The number of benzene rings is 1. The molecule has 0 aliphatic carbocycles. The molecule has 1 aromatic carbocycles. The van der Waals surface area contributed by atoms with Crippen molar-refractivity contribution in [1.82, 2.24) is 5.32 Å². The molecular weight excluding hydrogens is 266 g/mol. The van der Waals surface area contributed by atoms with Crippen LogP contribution in [-0.2, 0) is 0 Å². The van der Waals surface area contributed by atoms with Crippen molar-refractivity contribution in [3.63, 3.8) is 0 Å². The minimum absolute atomic E-state index is 0.947. The molecule has 0 saturated carbocycles. The maximum Gasteiger partial charge on any atom is 0.150 e. The van der Waals surface area contributed by atoms with Crippen molar-refractivity contribution in [2.24, 2.45) is 0 Å². The summed E-state index contributed by atoms with van der Waals surface area (Å²) in [6, 6.07) is 10.6. The predicted octanol–water partition coefficient (Wildman–Crippen LogP) is 4.89. The molecule has 3 heterocycles. The van der Waals surface area contributed by atoms with E-state index in [9.17, 15) is 0 Å². The van der Waals surface area contributed by atoms with Gasteiger partial charge in [0.05, 0.1) is 5.70 Å². The first-order valence-corrected chi connectivity index (χ1v) is 7.85. The van der Waals surface area contributed by atoms with Gasteiger partial charge in [0.1, 0.15) is 5.58 Å². The minimum atomic E-state index is 0.947. The molecule has 0 spiro atoms. The third kappa shape index (κ3) is 1.95. The molecule has 2 aromatic heterocycles. The smallest absolute Gasteiger partial charge is 0.150 e. The molecule has 0 amide bonds. The van der Waals surface area contributed by atoms with Gasteiger partial charge in [-0.2, -0.15) is 11.3 Å². The molecule has 0 radical (unpaired) electrons. The van der Waals surface area contributed by atoms with Gasteiger partial charge < -0.3 is 9.73 Å². The molecule has 0 unspecified atom stereocenters. The Bertz CT molecular complexity index is 767. The van der Waals surface area contributed by atoms with E-state index in [4.69, 9.17) is 4.42 Å². The highest BCUT2D eigenvalue weighted by Crippen LogP contribution is 2.33. The van der Waals surface area contributed by atoms with Gasteiger partial charge in [-0.15, -0.1) is 0 Å². The second-order valence-corrected chi connectivity index (χ2v) is 5.81. The van der Waals surface area contributed by atoms with Crippen molar-refractivity contribution >= 4 is 28.0 Å². The molecule has 0 atom stereocenters. The lowest BCUT2D eigenvalue weighted by molar-refractivity contribution is 0.585. The highest BCUT2D eigenvalue weighted by Gasteiger charge is 2.13. The van der Waals surface area contributed by atoms with Crippen molar-refractivity contribution in [2.75, 3.05) is 6.54 Å². The Morgan fingerprint density at radius 1 is 1.20 bits per heavy atom. The zero-order chi connectivity index (χ0) is 13.4. The van der Waals surface area contributed by atoms with E-state index in [0.29, 0.717) is 0 Å². The quantitative estimate of drug-likeness (QED) is 0.723. The molecule has 0 bridgehead atoms. The topological polar surface area (TPSA) is 25.2 Å². The van der Waals surface area contributed by atoms with E-state index in [0.717, 1.165) is 30.0 Å². The number of fused-ring (bicyclic) bond motifs is 1. The molecule has 2 nitrogen and oxygen atoms in total. The minimum Gasteiger partial charge on any atom is -0.455 e. The van der Waals surface area contributed by atoms with E-state index in [-0.39, 0.29) is 0 Å². The van der Waals surface area contributed by atoms with E-state index < -0.39 is 0 Å². The van der Waals surface area contributed by atoms with Crippen LogP contribution in [0.15, 0.2) is 51.6 Å². The second-order valence-electron chi connectivity index (χ2n) is 5.03. The number of furan rings is 1. The van der Waals surface area contributed by atoms with Gasteiger partial charge in [0.25, 0.3) is 0 Å². The van der Waals surface area contributed by atoms with Crippen molar-refractivity contribution in [1.29, 1.82) is 0 Å². The zero-order valence-electron chi connectivity index (χ0n) is 11.1. The summed E-state index contributed by atoms with van der Waals surface area (Å²) in [5.41, 5.74) is 4.59. The van der Waals surface area contributed by atoms with Crippen LogP contribution in [0.4, 0.5) is 0 Å². The lowest BCUT2D eigenvalue weighted by atomic mass is 10.0. The number of hydrogen-bond donors (Lipinski definition) is 1. The van der Waals surface area contributed by atoms with Crippen LogP contribution in [0.25, 0.3) is 27.8 Å². The second kappa shape index (κ2) is 4.84. The highest BCUT2D eigenvalue weighted by molar-refractivity contribution is 7.08. The fourth-order valence-corrected chi connectivity index (χ4v) is 3.35. The molecule has 1 aliphatic heterocycles. The number of nitrogens with one attached hydrogen (secondary N) is 1. The first kappa shape index (κ1) is 11.8. The lowest BCUT2D eigenvalue weighted by Gasteiger charge is -2.12. The highest BCUT2D eigenvalue weighted by atomic mass is 32.1. The molecule has 100 valence electrons. The fourth-order valence-electron chi connectivity index (χ4n) is 2.69. The Hall–Kier alpha value is -2.00. The fraction of sp³-hybridized carbons (Fsp3) is 0.176. The Morgan fingerprint density at radius 2 is 2.20 bits per heavy atom. The summed E-state index contributed by atoms with van der Waals surface area (Å²) in [5.74, 6) is 0.947. The number of hydrogen-bond acceptors (Lipinski definition) is 3. The summed E-state index contributed by atoms with van der Waals surface area (Å²) in [5, 5.41) is 8.90. The van der Waals surface area contributed by atoms with E-state index >= 15 is 0 Å². The summed E-state index contributed by atoms with van der Waals surface area (Å²) < 4.78 is 6.02. The Kier molecular flexibility index (Phi) is 2.85. The maximum atomic E-state index is 6.02. The Labute approximate surface area is 121 Å². The average Bonchev–Trinajstić information content (AvgIpc) is 3.17. The standard InChI is InChI=1S/C17H15NOS/c1-2-8-18-15(5-1)17-10-14-13(12-7-9-20-11-12)4-3-6-16(14)19-17/h3-7,9-11,18H,1-2,8H2. The van der Waals surface area contributed by atoms with Crippen LogP contribution in [0, 0.1) is 0 Å². The third-order valence-electron chi connectivity index (χ3n) is 3.70. The zero-order valence-corrected chi connectivity index (χ0v) is 11.9. The van der Waals surface area contributed by atoms with Gasteiger partial charge in [0, 0.05) is 11.9 Å². The molecule has 1 N–H and O–H groups in total. The molecule has 1 aliphatic rings. The van der Waals surface area contributed by atoms with Crippen LogP contribution in [0.2, 0.25) is 0 Å². The molecule has 4 rings (SSSR count). The van der Waals surface area contributed by atoms with Gasteiger partial charge in [-0.1, -0.05) is 18.2 Å². The maximum absolute atomic E-state index is 6.02. The molecular formula is C17H15NOS. The van der Waals surface area contributed by atoms with Gasteiger partial charge in [-0.25, -0.2) is 0 Å². The monoisotopic (exact) mass is 281 g/mol. The van der Waals surface area contributed by atoms with Crippen LogP contribution in [0.3, 0.4) is 0 Å². The van der Waals surface area contributed by atoms with Gasteiger partial charge in [-0.05, 0) is 52.9 Å². The largest absolute Gasteiger partial charge is 0.455 e. The van der Waals surface area contributed by atoms with Crippen LogP contribution in [-0.4, -0.2) is 6.54 Å². The Balaban J connectivity index is 1.87. The lowest BCUT2D eigenvalue weighted by Crippen LogP contribution is -2.16. The van der Waals surface area contributed by atoms with Gasteiger partial charge in [0.2, 0.25) is 0 Å². The van der Waals surface area contributed by atoms with Crippen molar-refractivity contribution in [2.45, 2.75) is 12.8 Å². The summed E-state index contributed by atoms with van der Waals surface area (Å²) >= 11 is 1.72. The summed E-state index contributed by atoms with van der Waals surface area (Å²) in [7, 11) is 0. The molecule has 20 heavy (non-hydrogen) atoms. The average molecular weight is 281 g/mol. The summed E-state index contributed by atoms with van der Waals surface area (Å²) in [6.07, 6.45) is 4.55. The molecule has 3 heteroatoms. The van der Waals surface area contributed by atoms with Crippen LogP contribution in [0.1, 0.15) is 18.6 Å². The van der Waals surface area contributed by atoms with E-state index in [1.807, 2.05) is 6.07 Å². The van der Waals surface area contributed by atoms with Crippen LogP contribution in [0.5, 0.6) is 0 Å². The van der Waals surface area contributed by atoms with Gasteiger partial charge in [0.15, 0.2) is 5.76 Å². The normalized spacial score (nSPS) is 15.1. The third-order valence-corrected chi connectivity index (χ3v) is 4.39. The van der Waals surface area contributed by atoms with Crippen molar-refractivity contribution in [3.05, 3.63) is 52.9 Å². The van der Waals surface area contributed by atoms with E-state index in [2.05, 4.69) is 46.4 Å². The van der Waals surface area contributed by atoms with E-state index in [1.54, 1.807) is 11.3 Å². The van der Waals surface area contributed by atoms with E-state index in [1.165, 1.54) is 22.9 Å². The summed E-state index contributed by atoms with van der Waals surface area (Å²) in [4.78, 5) is 0. The van der Waals surface area contributed by atoms with Crippen LogP contribution < -0.4 is 5.32 Å². The van der Waals surface area contributed by atoms with Gasteiger partial charge in [-0.3, -0.25) is 0 Å². The number of thiophene rings is 1. The molecule has 0 saturated heterocycles. The van der Waals surface area contributed by atoms with Crippen molar-refractivity contribution in [3.8, 4) is 11.1 Å². The number of rotatable bonds is 2. The van der Waals surface area contributed by atoms with Crippen molar-refractivity contribution < 1.29 is 4.42 Å². The predicted molar refractivity (Wildman–Crippen MR) is 84.7 cm³/mol. The molecule has 3 aromatic rings. The SMILES string of the molecule is C1=C(c2cc3c(-c4ccsc4)cccc3o2)NCCC1. The van der Waals surface area contributed by atoms with Crippen LogP contribution >= 0.6 is 11.3 Å². The Morgan fingerprint density at radius 3 is 3.00 bits per heavy atom. The van der Waals surface area contributed by atoms with Gasteiger partial charge >= 0.3 is 0 Å².